The standard InChI is InChI=1S/C41H82NO7P/c1-3-5-7-9-11-13-15-17-18-19-20-21-23-25-27-29-31-33-36-46-38-40(39-48-50(44,45)47-37-35-42)49-41(43)34-32-30-28-26-24-22-16-14-12-10-8-6-4-2/h33,36,40H,3-32,34-35,37-39,42H2,1-2H3,(H,44,45)/b36-33+/t40-/m1/s1. The Labute approximate surface area is 309 Å². The first-order chi connectivity index (χ1) is 24.4. The fraction of sp³-hybridized carbons (Fsp3) is 0.927. The molecule has 8 nitrogen and oxygen atoms in total. The van der Waals surface area contributed by atoms with Crippen molar-refractivity contribution in [1.82, 2.24) is 0 Å². The maximum Gasteiger partial charge on any atom is 0.472 e. The summed E-state index contributed by atoms with van der Waals surface area (Å²) in [5, 5.41) is 0. The van der Waals surface area contributed by atoms with E-state index in [1.165, 1.54) is 161 Å². The van der Waals surface area contributed by atoms with Crippen LogP contribution < -0.4 is 5.73 Å². The van der Waals surface area contributed by atoms with Crippen LogP contribution in [-0.2, 0) is 27.9 Å². The maximum absolute atomic E-state index is 12.5. The number of hydrogen-bond acceptors (Lipinski definition) is 7. The van der Waals surface area contributed by atoms with E-state index in [0.717, 1.165) is 32.1 Å². The van der Waals surface area contributed by atoms with E-state index < -0.39 is 13.9 Å². The lowest BCUT2D eigenvalue weighted by atomic mass is 10.0. The van der Waals surface area contributed by atoms with Crippen LogP contribution in [0.4, 0.5) is 0 Å². The largest absolute Gasteiger partial charge is 0.498 e. The summed E-state index contributed by atoms with van der Waals surface area (Å²) in [4.78, 5) is 22.4. The minimum Gasteiger partial charge on any atom is -0.498 e. The van der Waals surface area contributed by atoms with E-state index in [1.54, 1.807) is 6.26 Å². The number of phosphoric acid groups is 1. The highest BCUT2D eigenvalue weighted by molar-refractivity contribution is 7.47. The number of allylic oxidation sites excluding steroid dienone is 1. The average Bonchev–Trinajstić information content (AvgIpc) is 3.10. The third kappa shape index (κ3) is 38.3. The van der Waals surface area contributed by atoms with Crippen LogP contribution >= 0.6 is 7.82 Å². The van der Waals surface area contributed by atoms with Gasteiger partial charge in [0.1, 0.15) is 6.61 Å². The van der Waals surface area contributed by atoms with E-state index in [1.807, 2.05) is 6.08 Å². The summed E-state index contributed by atoms with van der Waals surface area (Å²) in [5.74, 6) is -0.349. The van der Waals surface area contributed by atoms with Crippen LogP contribution in [0.1, 0.15) is 213 Å². The summed E-state index contributed by atoms with van der Waals surface area (Å²) in [5.41, 5.74) is 5.36. The van der Waals surface area contributed by atoms with E-state index in [2.05, 4.69) is 13.8 Å². The van der Waals surface area contributed by atoms with Crippen LogP contribution in [0.5, 0.6) is 0 Å². The molecule has 0 aliphatic carbocycles. The Morgan fingerprint density at radius 2 is 1.00 bits per heavy atom. The number of esters is 1. The number of rotatable bonds is 41. The van der Waals surface area contributed by atoms with Crippen LogP contribution in [0.2, 0.25) is 0 Å². The van der Waals surface area contributed by atoms with E-state index in [9.17, 15) is 14.3 Å². The lowest BCUT2D eigenvalue weighted by molar-refractivity contribution is -0.153. The summed E-state index contributed by atoms with van der Waals surface area (Å²) in [6.07, 6.45) is 41.8. The van der Waals surface area contributed by atoms with Crippen LogP contribution in [0.25, 0.3) is 0 Å². The molecule has 0 aliphatic rings. The molecule has 0 bridgehead atoms. The van der Waals surface area contributed by atoms with Crippen LogP contribution in [-0.4, -0.2) is 43.3 Å². The first kappa shape index (κ1) is 49.1. The Morgan fingerprint density at radius 1 is 0.600 bits per heavy atom. The molecule has 50 heavy (non-hydrogen) atoms. The highest BCUT2D eigenvalue weighted by Gasteiger charge is 2.25. The fourth-order valence-electron chi connectivity index (χ4n) is 6.14. The molecule has 0 saturated heterocycles. The van der Waals surface area contributed by atoms with Crippen molar-refractivity contribution in [2.75, 3.05) is 26.4 Å². The van der Waals surface area contributed by atoms with Crippen LogP contribution in [0.3, 0.4) is 0 Å². The Morgan fingerprint density at radius 3 is 1.42 bits per heavy atom. The van der Waals surface area contributed by atoms with E-state index in [-0.39, 0.29) is 32.3 Å². The summed E-state index contributed by atoms with van der Waals surface area (Å²) >= 11 is 0. The van der Waals surface area contributed by atoms with Gasteiger partial charge in [-0.3, -0.25) is 13.8 Å². The Bertz CT molecular complexity index is 782. The third-order valence-electron chi connectivity index (χ3n) is 9.28. The van der Waals surface area contributed by atoms with Gasteiger partial charge in [0, 0.05) is 13.0 Å². The molecule has 0 amide bonds. The van der Waals surface area contributed by atoms with Crippen molar-refractivity contribution in [3.05, 3.63) is 12.3 Å². The lowest BCUT2D eigenvalue weighted by Gasteiger charge is -2.19. The quantitative estimate of drug-likeness (QED) is 0.0276. The summed E-state index contributed by atoms with van der Waals surface area (Å²) in [6, 6.07) is 0. The molecule has 9 heteroatoms. The molecule has 0 aliphatic heterocycles. The van der Waals surface area contributed by atoms with Gasteiger partial charge < -0.3 is 20.1 Å². The van der Waals surface area contributed by atoms with Gasteiger partial charge in [0.25, 0.3) is 0 Å². The van der Waals surface area contributed by atoms with Gasteiger partial charge >= 0.3 is 13.8 Å². The van der Waals surface area contributed by atoms with Gasteiger partial charge in [0.15, 0.2) is 6.10 Å². The number of carbonyl (C=O) groups excluding carboxylic acids is 1. The molecule has 0 spiro atoms. The minimum absolute atomic E-state index is 0.0384. The predicted molar refractivity (Wildman–Crippen MR) is 210 cm³/mol. The molecule has 0 rings (SSSR count). The maximum atomic E-state index is 12.5. The minimum atomic E-state index is -4.28. The number of nitrogens with two attached hydrogens (primary N) is 1. The first-order valence-electron chi connectivity index (χ1n) is 21.2. The van der Waals surface area contributed by atoms with E-state index in [4.69, 9.17) is 24.3 Å². The Hall–Kier alpha value is -0.920. The molecule has 298 valence electrons. The zero-order valence-corrected chi connectivity index (χ0v) is 33.8. The zero-order chi connectivity index (χ0) is 36.6. The molecule has 2 atom stereocenters. The monoisotopic (exact) mass is 732 g/mol. The Kier molecular flexibility index (Phi) is 38.6. The molecular formula is C41H82NO7P. The first-order valence-corrected chi connectivity index (χ1v) is 22.7. The van der Waals surface area contributed by atoms with Crippen molar-refractivity contribution < 1.29 is 32.8 Å². The molecule has 0 heterocycles. The third-order valence-corrected chi connectivity index (χ3v) is 10.3. The van der Waals surface area contributed by atoms with Gasteiger partial charge in [0.05, 0.1) is 19.5 Å². The van der Waals surface area contributed by atoms with Crippen molar-refractivity contribution in [3.8, 4) is 0 Å². The van der Waals surface area contributed by atoms with Crippen molar-refractivity contribution in [1.29, 1.82) is 0 Å². The van der Waals surface area contributed by atoms with Gasteiger partial charge in [-0.2, -0.15) is 0 Å². The number of phosphoric ester groups is 1. The molecule has 0 aromatic carbocycles. The molecule has 0 aromatic heterocycles. The molecule has 0 saturated carbocycles. The van der Waals surface area contributed by atoms with Crippen molar-refractivity contribution >= 4 is 13.8 Å². The number of carbonyl (C=O) groups is 1. The highest BCUT2D eigenvalue weighted by atomic mass is 31.2. The van der Waals surface area contributed by atoms with Crippen molar-refractivity contribution in [2.24, 2.45) is 5.73 Å². The van der Waals surface area contributed by atoms with Crippen LogP contribution in [0, 0.1) is 0 Å². The van der Waals surface area contributed by atoms with Crippen LogP contribution in [0.15, 0.2) is 12.3 Å². The SMILES string of the molecule is CCCCCCCCCCCCCCCCCC/C=C/OC[C@H](COP(=O)(O)OCCN)OC(=O)CCCCCCCCCCCCCCC. The number of ether oxygens (including phenoxy) is 2. The molecule has 1 unspecified atom stereocenters. The second-order valence-electron chi connectivity index (χ2n) is 14.3. The summed E-state index contributed by atoms with van der Waals surface area (Å²) in [7, 11) is -4.28. The lowest BCUT2D eigenvalue weighted by Crippen LogP contribution is -2.27. The van der Waals surface area contributed by atoms with Gasteiger partial charge in [-0.1, -0.05) is 187 Å². The van der Waals surface area contributed by atoms with Crippen molar-refractivity contribution in [3.63, 3.8) is 0 Å². The second-order valence-corrected chi connectivity index (χ2v) is 15.7. The molecule has 0 fully saturated rings. The topological polar surface area (TPSA) is 117 Å². The smallest absolute Gasteiger partial charge is 0.472 e. The van der Waals surface area contributed by atoms with E-state index in [0.29, 0.717) is 6.42 Å². The normalized spacial score (nSPS) is 13.5. The molecular weight excluding hydrogens is 649 g/mol. The number of unbranched alkanes of at least 4 members (excludes halogenated alkanes) is 28. The van der Waals surface area contributed by atoms with Crippen molar-refractivity contribution in [2.45, 2.75) is 219 Å². The molecule has 0 radical (unpaired) electrons. The summed E-state index contributed by atoms with van der Waals surface area (Å²) in [6.45, 7) is 4.27. The second kappa shape index (κ2) is 39.3. The summed E-state index contributed by atoms with van der Waals surface area (Å²) < 4.78 is 33.1. The molecule has 0 aromatic rings. The highest BCUT2D eigenvalue weighted by Crippen LogP contribution is 2.43. The average molecular weight is 732 g/mol. The molecule has 3 N–H and O–H groups in total. The van der Waals surface area contributed by atoms with Gasteiger partial charge in [-0.25, -0.2) is 4.57 Å². The van der Waals surface area contributed by atoms with Gasteiger partial charge in [-0.15, -0.1) is 0 Å². The fourth-order valence-corrected chi connectivity index (χ4v) is 6.91. The van der Waals surface area contributed by atoms with Gasteiger partial charge in [-0.05, 0) is 25.3 Å². The zero-order valence-electron chi connectivity index (χ0n) is 32.9. The van der Waals surface area contributed by atoms with E-state index >= 15 is 0 Å². The predicted octanol–water partition coefficient (Wildman–Crippen LogP) is 12.7. The number of hydrogen-bond donors (Lipinski definition) is 2. The van der Waals surface area contributed by atoms with Gasteiger partial charge in [0.2, 0.25) is 0 Å². The Balaban J connectivity index is 4.04.